The molecule has 0 N–H and O–H groups in total. The zero-order valence-electron chi connectivity index (χ0n) is 20.3. The van der Waals surface area contributed by atoms with Gasteiger partial charge in [-0.05, 0) is 56.7 Å². The Hall–Kier alpha value is -3.93. The summed E-state index contributed by atoms with van der Waals surface area (Å²) in [5.74, 6) is -1.49. The van der Waals surface area contributed by atoms with Gasteiger partial charge in [0.15, 0.2) is 0 Å². The number of esters is 3. The molecule has 6 heteroatoms. The van der Waals surface area contributed by atoms with Crippen molar-refractivity contribution < 1.29 is 28.6 Å². The number of hydrogen-bond donors (Lipinski definition) is 0. The van der Waals surface area contributed by atoms with E-state index in [9.17, 15) is 14.4 Å². The highest BCUT2D eigenvalue weighted by Crippen LogP contribution is 2.26. The van der Waals surface area contributed by atoms with Gasteiger partial charge in [0, 0.05) is 0 Å². The van der Waals surface area contributed by atoms with E-state index in [4.69, 9.17) is 14.2 Å². The van der Waals surface area contributed by atoms with Crippen LogP contribution in [0.25, 0.3) is 0 Å². The van der Waals surface area contributed by atoms with Crippen molar-refractivity contribution in [3.8, 4) is 0 Å². The maximum absolute atomic E-state index is 12.7. The van der Waals surface area contributed by atoms with Gasteiger partial charge in [0.25, 0.3) is 0 Å². The third-order valence-electron chi connectivity index (χ3n) is 5.80. The van der Waals surface area contributed by atoms with Gasteiger partial charge >= 0.3 is 17.9 Å². The maximum atomic E-state index is 12.7. The fourth-order valence-corrected chi connectivity index (χ4v) is 3.46. The third-order valence-corrected chi connectivity index (χ3v) is 5.80. The van der Waals surface area contributed by atoms with Crippen LogP contribution in [0.15, 0.2) is 78.9 Å². The van der Waals surface area contributed by atoms with Gasteiger partial charge in [-0.1, -0.05) is 60.5 Å². The first-order valence-electron chi connectivity index (χ1n) is 11.5. The fraction of sp³-hybridized carbons (Fsp3) is 0.276. The van der Waals surface area contributed by atoms with E-state index in [0.29, 0.717) is 23.1 Å². The summed E-state index contributed by atoms with van der Waals surface area (Å²) < 4.78 is 16.8. The summed E-state index contributed by atoms with van der Waals surface area (Å²) in [5, 5.41) is 0. The molecule has 0 saturated heterocycles. The van der Waals surface area contributed by atoms with Crippen molar-refractivity contribution in [1.82, 2.24) is 0 Å². The Morgan fingerprint density at radius 2 is 1.00 bits per heavy atom. The monoisotopic (exact) mass is 474 g/mol. The van der Waals surface area contributed by atoms with E-state index in [1.807, 2.05) is 39.0 Å². The van der Waals surface area contributed by atoms with Crippen LogP contribution in [0.1, 0.15) is 55.5 Å². The molecule has 3 aromatic carbocycles. The lowest BCUT2D eigenvalue weighted by Gasteiger charge is -2.31. The summed E-state index contributed by atoms with van der Waals surface area (Å²) in [6, 6.07) is 22.8. The van der Waals surface area contributed by atoms with E-state index < -0.39 is 23.3 Å². The van der Waals surface area contributed by atoms with Gasteiger partial charge < -0.3 is 14.2 Å². The molecule has 182 valence electrons. The van der Waals surface area contributed by atoms with Crippen LogP contribution in [0.5, 0.6) is 0 Å². The molecular weight excluding hydrogens is 444 g/mol. The SMILES string of the molecule is CCC(COC(=O)c1ccccc1)(COC(=O)c1cccc(C)c1)COC(=O)c1cccc(C)c1. The first-order chi connectivity index (χ1) is 16.8. The molecule has 0 aromatic heterocycles. The average molecular weight is 475 g/mol. The van der Waals surface area contributed by atoms with Gasteiger partial charge in [-0.25, -0.2) is 14.4 Å². The Kier molecular flexibility index (Phi) is 8.79. The summed E-state index contributed by atoms with van der Waals surface area (Å²) in [6.07, 6.45) is 0.442. The van der Waals surface area contributed by atoms with Crippen molar-refractivity contribution in [2.75, 3.05) is 19.8 Å². The molecule has 0 atom stereocenters. The summed E-state index contributed by atoms with van der Waals surface area (Å²) >= 11 is 0. The number of carbonyl (C=O) groups is 3. The molecule has 0 spiro atoms. The highest BCUT2D eigenvalue weighted by atomic mass is 16.6. The summed E-state index contributed by atoms with van der Waals surface area (Å²) in [7, 11) is 0. The maximum Gasteiger partial charge on any atom is 0.338 e. The average Bonchev–Trinajstić information content (AvgIpc) is 2.88. The lowest BCUT2D eigenvalue weighted by molar-refractivity contribution is -0.0381. The van der Waals surface area contributed by atoms with Crippen molar-refractivity contribution in [3.05, 3.63) is 107 Å². The van der Waals surface area contributed by atoms with Crippen molar-refractivity contribution in [1.29, 1.82) is 0 Å². The van der Waals surface area contributed by atoms with Gasteiger partial charge in [-0.2, -0.15) is 0 Å². The molecule has 6 nitrogen and oxygen atoms in total. The Labute approximate surface area is 205 Å². The zero-order chi connectivity index (χ0) is 25.3. The second kappa shape index (κ2) is 12.0. The molecule has 0 aliphatic heterocycles. The normalized spacial score (nSPS) is 10.9. The van der Waals surface area contributed by atoms with Gasteiger partial charge in [-0.3, -0.25) is 0 Å². The predicted octanol–water partition coefficient (Wildman–Crippen LogP) is 5.57. The molecule has 3 rings (SSSR count). The molecule has 0 fully saturated rings. The standard InChI is InChI=1S/C29H30O6/c1-4-29(18-33-26(30)23-12-6-5-7-13-23,19-34-27(31)24-14-8-10-21(2)16-24)20-35-28(32)25-15-9-11-22(3)17-25/h5-17H,4,18-20H2,1-3H3. The molecule has 0 radical (unpaired) electrons. The van der Waals surface area contributed by atoms with E-state index in [0.717, 1.165) is 11.1 Å². The van der Waals surface area contributed by atoms with Crippen molar-refractivity contribution in [2.45, 2.75) is 27.2 Å². The molecule has 0 aliphatic carbocycles. The number of benzene rings is 3. The van der Waals surface area contributed by atoms with Gasteiger partial charge in [0.05, 0.1) is 22.1 Å². The van der Waals surface area contributed by atoms with Gasteiger partial charge in [-0.15, -0.1) is 0 Å². The largest absolute Gasteiger partial charge is 0.461 e. The smallest absolute Gasteiger partial charge is 0.338 e. The first kappa shape index (κ1) is 25.7. The van der Waals surface area contributed by atoms with Crippen molar-refractivity contribution in [3.63, 3.8) is 0 Å². The van der Waals surface area contributed by atoms with Crippen LogP contribution in [0.3, 0.4) is 0 Å². The molecule has 0 aliphatic rings. The zero-order valence-corrected chi connectivity index (χ0v) is 20.3. The van der Waals surface area contributed by atoms with E-state index in [-0.39, 0.29) is 19.8 Å². The Balaban J connectivity index is 1.74. The summed E-state index contributed by atoms with van der Waals surface area (Å²) in [6.45, 7) is 5.40. The first-order valence-corrected chi connectivity index (χ1v) is 11.5. The molecular formula is C29H30O6. The lowest BCUT2D eigenvalue weighted by atomic mass is 9.88. The Morgan fingerprint density at radius 3 is 1.40 bits per heavy atom. The predicted molar refractivity (Wildman–Crippen MR) is 132 cm³/mol. The second-order valence-electron chi connectivity index (χ2n) is 8.69. The molecule has 0 heterocycles. The summed E-state index contributed by atoms with van der Waals surface area (Å²) in [5.41, 5.74) is 2.21. The van der Waals surface area contributed by atoms with Gasteiger partial charge in [0.2, 0.25) is 0 Å². The molecule has 0 bridgehead atoms. The molecule has 0 saturated carbocycles. The van der Waals surface area contributed by atoms with Crippen LogP contribution >= 0.6 is 0 Å². The summed E-state index contributed by atoms with van der Waals surface area (Å²) in [4.78, 5) is 37.9. The third kappa shape index (κ3) is 7.27. The Bertz CT molecular complexity index is 1110. The number of ether oxygens (including phenoxy) is 3. The van der Waals surface area contributed by atoms with Gasteiger partial charge in [0.1, 0.15) is 19.8 Å². The number of hydrogen-bond acceptors (Lipinski definition) is 6. The van der Waals surface area contributed by atoms with Crippen LogP contribution in [-0.4, -0.2) is 37.7 Å². The highest BCUT2D eigenvalue weighted by Gasteiger charge is 2.34. The highest BCUT2D eigenvalue weighted by molar-refractivity contribution is 5.90. The number of aryl methyl sites for hydroxylation is 2. The van der Waals surface area contributed by atoms with Crippen LogP contribution in [0.2, 0.25) is 0 Å². The van der Waals surface area contributed by atoms with Crippen LogP contribution in [-0.2, 0) is 14.2 Å². The quantitative estimate of drug-likeness (QED) is 0.282. The van der Waals surface area contributed by atoms with Crippen LogP contribution in [0.4, 0.5) is 0 Å². The van der Waals surface area contributed by atoms with E-state index in [2.05, 4.69) is 0 Å². The molecule has 3 aromatic rings. The molecule has 35 heavy (non-hydrogen) atoms. The van der Waals surface area contributed by atoms with Crippen LogP contribution in [0, 0.1) is 19.3 Å². The topological polar surface area (TPSA) is 78.9 Å². The minimum absolute atomic E-state index is 0.0839. The molecule has 0 amide bonds. The minimum Gasteiger partial charge on any atom is -0.461 e. The van der Waals surface area contributed by atoms with E-state index in [1.165, 1.54) is 0 Å². The van der Waals surface area contributed by atoms with E-state index >= 15 is 0 Å². The van der Waals surface area contributed by atoms with Crippen molar-refractivity contribution in [2.24, 2.45) is 5.41 Å². The minimum atomic E-state index is -0.913. The second-order valence-corrected chi connectivity index (χ2v) is 8.69. The van der Waals surface area contributed by atoms with E-state index in [1.54, 1.807) is 60.7 Å². The van der Waals surface area contributed by atoms with Crippen molar-refractivity contribution >= 4 is 17.9 Å². The van der Waals surface area contributed by atoms with Crippen LogP contribution < -0.4 is 0 Å². The molecule has 0 unspecified atom stereocenters. The Morgan fingerprint density at radius 1 is 0.600 bits per heavy atom. The number of carbonyl (C=O) groups excluding carboxylic acids is 3. The lowest BCUT2D eigenvalue weighted by Crippen LogP contribution is -2.39. The number of rotatable bonds is 10. The fourth-order valence-electron chi connectivity index (χ4n) is 3.46.